The number of benzene rings is 4. The molecule has 5 rings (SSSR count). The monoisotopic (exact) mass is 607 g/mol. The molecule has 1 amide bonds. The number of alkyl halides is 3. The minimum absolute atomic E-state index is 0.0455. The summed E-state index contributed by atoms with van der Waals surface area (Å²) in [5.41, 5.74) is 2.92. The molecule has 5 aromatic rings. The first-order valence-corrected chi connectivity index (χ1v) is 13.5. The fraction of sp³-hybridized carbons (Fsp3) is 0.152. The van der Waals surface area contributed by atoms with E-state index in [4.69, 9.17) is 25.5 Å². The largest absolute Gasteiger partial charge is 0.489 e. The van der Waals surface area contributed by atoms with Crippen molar-refractivity contribution in [2.75, 3.05) is 7.11 Å². The van der Waals surface area contributed by atoms with Crippen LogP contribution in [0.2, 0.25) is 5.02 Å². The summed E-state index contributed by atoms with van der Waals surface area (Å²) >= 11 is 5.98. The Hall–Kier alpha value is -4.76. The summed E-state index contributed by atoms with van der Waals surface area (Å²) in [5, 5.41) is 4.04. The fourth-order valence-corrected chi connectivity index (χ4v) is 4.57. The summed E-state index contributed by atoms with van der Waals surface area (Å²) in [7, 11) is 1.24. The van der Waals surface area contributed by atoms with E-state index in [9.17, 15) is 22.8 Å². The molecule has 10 heteroatoms. The average molecular weight is 608 g/mol. The van der Waals surface area contributed by atoms with Crippen molar-refractivity contribution in [3.05, 3.63) is 125 Å². The van der Waals surface area contributed by atoms with E-state index in [-0.39, 0.29) is 18.8 Å². The number of fused-ring (bicyclic) bond motifs is 1. The van der Waals surface area contributed by atoms with Crippen molar-refractivity contribution in [1.29, 1.82) is 0 Å². The summed E-state index contributed by atoms with van der Waals surface area (Å²) in [4.78, 5) is 25.6. The molecule has 0 spiro atoms. The van der Waals surface area contributed by atoms with Crippen molar-refractivity contribution in [3.8, 4) is 16.9 Å². The van der Waals surface area contributed by atoms with Gasteiger partial charge in [0.05, 0.1) is 12.7 Å². The predicted octanol–water partition coefficient (Wildman–Crippen LogP) is 7.87. The van der Waals surface area contributed by atoms with Crippen molar-refractivity contribution in [2.24, 2.45) is 0 Å². The molecule has 0 aliphatic rings. The quantitative estimate of drug-likeness (QED) is 0.173. The molecule has 1 heterocycles. The highest BCUT2D eigenvalue weighted by Crippen LogP contribution is 2.30. The van der Waals surface area contributed by atoms with Gasteiger partial charge < -0.3 is 19.2 Å². The highest BCUT2D eigenvalue weighted by atomic mass is 35.5. The molecule has 1 unspecified atom stereocenters. The minimum atomic E-state index is -4.40. The topological polar surface area (TPSA) is 77.8 Å². The fourth-order valence-electron chi connectivity index (χ4n) is 4.44. The van der Waals surface area contributed by atoms with Crippen molar-refractivity contribution in [2.45, 2.75) is 25.2 Å². The lowest BCUT2D eigenvalue weighted by Gasteiger charge is -2.16. The van der Waals surface area contributed by atoms with Crippen molar-refractivity contribution < 1.29 is 36.7 Å². The summed E-state index contributed by atoms with van der Waals surface area (Å²) in [6.45, 7) is 0.0804. The van der Waals surface area contributed by atoms with E-state index in [1.807, 2.05) is 30.3 Å². The number of ether oxygens (including phenoxy) is 2. The van der Waals surface area contributed by atoms with Gasteiger partial charge in [0, 0.05) is 16.8 Å². The number of amides is 1. The second-order valence-corrected chi connectivity index (χ2v) is 10.2. The van der Waals surface area contributed by atoms with Gasteiger partial charge in [0.1, 0.15) is 24.0 Å². The van der Waals surface area contributed by atoms with Gasteiger partial charge in [-0.15, -0.1) is 0 Å². The van der Waals surface area contributed by atoms with Crippen LogP contribution in [-0.2, 0) is 28.7 Å². The Kier molecular flexibility index (Phi) is 8.73. The predicted molar refractivity (Wildman–Crippen MR) is 156 cm³/mol. The molecule has 0 fully saturated rings. The highest BCUT2D eigenvalue weighted by Gasteiger charge is 2.30. The van der Waals surface area contributed by atoms with E-state index in [2.05, 4.69) is 5.32 Å². The van der Waals surface area contributed by atoms with Crippen LogP contribution in [0.25, 0.3) is 22.1 Å². The number of nitrogens with one attached hydrogen (secondary N) is 1. The molecule has 220 valence electrons. The minimum Gasteiger partial charge on any atom is -0.489 e. The standard InChI is InChI=1S/C33H25ClF3NO5/c1-41-32(40)28(16-20-4-14-27(15-5-20)42-19-21-2-10-25(11-3-21)33(35,36)37)38-31(39)30-18-24-7-6-23(17-29(24)43-30)22-8-12-26(34)13-9-22/h2-15,17-18,28H,16,19H2,1H3,(H,38,39). The summed E-state index contributed by atoms with van der Waals surface area (Å²) in [6, 6.07) is 25.1. The van der Waals surface area contributed by atoms with Gasteiger partial charge in [-0.2, -0.15) is 13.2 Å². The first-order chi connectivity index (χ1) is 20.6. The summed E-state index contributed by atoms with van der Waals surface area (Å²) in [5.74, 6) is -0.667. The zero-order chi connectivity index (χ0) is 30.6. The van der Waals surface area contributed by atoms with Crippen LogP contribution in [0, 0.1) is 0 Å². The molecule has 6 nitrogen and oxygen atoms in total. The Morgan fingerprint density at radius 3 is 2.16 bits per heavy atom. The number of furan rings is 1. The molecule has 0 aliphatic carbocycles. The maximum Gasteiger partial charge on any atom is 0.416 e. The van der Waals surface area contributed by atoms with Gasteiger partial charge in [0.15, 0.2) is 5.76 Å². The molecule has 0 saturated heterocycles. The molecule has 0 radical (unpaired) electrons. The number of rotatable bonds is 9. The molecule has 0 bridgehead atoms. The average Bonchev–Trinajstić information content (AvgIpc) is 3.44. The van der Waals surface area contributed by atoms with E-state index in [1.165, 1.54) is 19.2 Å². The maximum atomic E-state index is 13.1. The van der Waals surface area contributed by atoms with E-state index in [1.54, 1.807) is 42.5 Å². The number of esters is 1. The third kappa shape index (κ3) is 7.37. The number of carbonyl (C=O) groups excluding carboxylic acids is 2. The Morgan fingerprint density at radius 2 is 1.51 bits per heavy atom. The van der Waals surface area contributed by atoms with Crippen LogP contribution in [0.5, 0.6) is 5.75 Å². The molecule has 0 saturated carbocycles. The van der Waals surface area contributed by atoms with E-state index >= 15 is 0 Å². The Labute approximate surface area is 250 Å². The highest BCUT2D eigenvalue weighted by molar-refractivity contribution is 6.30. The first kappa shape index (κ1) is 29.7. The molecule has 0 aliphatic heterocycles. The molecule has 1 atom stereocenters. The Morgan fingerprint density at radius 1 is 0.860 bits per heavy atom. The third-order valence-corrected chi connectivity index (χ3v) is 7.01. The first-order valence-electron chi connectivity index (χ1n) is 13.1. The summed E-state index contributed by atoms with van der Waals surface area (Å²) < 4.78 is 54.7. The van der Waals surface area contributed by atoms with Crippen LogP contribution in [0.4, 0.5) is 13.2 Å². The van der Waals surface area contributed by atoms with Crippen LogP contribution in [0.1, 0.15) is 27.2 Å². The molecule has 1 aromatic heterocycles. The van der Waals surface area contributed by atoms with Gasteiger partial charge in [0.2, 0.25) is 0 Å². The van der Waals surface area contributed by atoms with Gasteiger partial charge >= 0.3 is 12.1 Å². The second kappa shape index (κ2) is 12.6. The SMILES string of the molecule is COC(=O)C(Cc1ccc(OCc2ccc(C(F)(F)F)cc2)cc1)NC(=O)c1cc2ccc(-c3ccc(Cl)cc3)cc2o1. The van der Waals surface area contributed by atoms with Gasteiger partial charge in [-0.05, 0) is 70.8 Å². The lowest BCUT2D eigenvalue weighted by molar-refractivity contribution is -0.143. The van der Waals surface area contributed by atoms with Crippen LogP contribution in [0.3, 0.4) is 0 Å². The van der Waals surface area contributed by atoms with Crippen LogP contribution < -0.4 is 10.1 Å². The smallest absolute Gasteiger partial charge is 0.416 e. The van der Waals surface area contributed by atoms with Gasteiger partial charge in [-0.3, -0.25) is 4.79 Å². The third-order valence-electron chi connectivity index (χ3n) is 6.76. The molecule has 43 heavy (non-hydrogen) atoms. The van der Waals surface area contributed by atoms with E-state index in [0.29, 0.717) is 21.9 Å². The Balaban J connectivity index is 1.22. The molecule has 1 N–H and O–H groups in total. The maximum absolute atomic E-state index is 13.1. The van der Waals surface area contributed by atoms with Crippen LogP contribution >= 0.6 is 11.6 Å². The number of methoxy groups -OCH3 is 1. The van der Waals surface area contributed by atoms with Crippen molar-refractivity contribution >= 4 is 34.4 Å². The summed E-state index contributed by atoms with van der Waals surface area (Å²) in [6.07, 6.45) is -4.26. The molecular formula is C33H25ClF3NO5. The second-order valence-electron chi connectivity index (χ2n) is 9.75. The van der Waals surface area contributed by atoms with E-state index < -0.39 is 29.7 Å². The molecule has 4 aromatic carbocycles. The van der Waals surface area contributed by atoms with Crippen LogP contribution in [0.15, 0.2) is 101 Å². The zero-order valence-electron chi connectivity index (χ0n) is 22.8. The van der Waals surface area contributed by atoms with Gasteiger partial charge in [0.25, 0.3) is 5.91 Å². The van der Waals surface area contributed by atoms with E-state index in [0.717, 1.165) is 34.2 Å². The zero-order valence-corrected chi connectivity index (χ0v) is 23.5. The number of hydrogen-bond acceptors (Lipinski definition) is 5. The van der Waals surface area contributed by atoms with Crippen LogP contribution in [-0.4, -0.2) is 25.0 Å². The van der Waals surface area contributed by atoms with Crippen molar-refractivity contribution in [3.63, 3.8) is 0 Å². The van der Waals surface area contributed by atoms with Crippen molar-refractivity contribution in [1.82, 2.24) is 5.32 Å². The number of hydrogen-bond donors (Lipinski definition) is 1. The number of halogens is 4. The van der Waals surface area contributed by atoms with Gasteiger partial charge in [-0.25, -0.2) is 4.79 Å². The lowest BCUT2D eigenvalue weighted by atomic mass is 10.0. The Bertz CT molecular complexity index is 1730. The van der Waals surface area contributed by atoms with Gasteiger partial charge in [-0.1, -0.05) is 60.1 Å². The normalized spacial score (nSPS) is 12.1. The lowest BCUT2D eigenvalue weighted by Crippen LogP contribution is -2.42. The molecular weight excluding hydrogens is 583 g/mol. The number of carbonyl (C=O) groups is 2.